The van der Waals surface area contributed by atoms with Crippen molar-refractivity contribution >= 4 is 40.2 Å². The minimum Gasteiger partial charge on any atom is -0.458 e. The van der Waals surface area contributed by atoms with Gasteiger partial charge in [-0.1, -0.05) is 119 Å². The van der Waals surface area contributed by atoms with E-state index in [0.717, 1.165) is 0 Å². The zero-order chi connectivity index (χ0) is 41.7. The summed E-state index contributed by atoms with van der Waals surface area (Å²) in [4.78, 5) is 1.29. The fraction of sp³-hybridized carbons (Fsp3) is 0.400. The third kappa shape index (κ3) is 5.09. The molecule has 2 nitrogen and oxygen atoms in total. The second-order valence-electron chi connectivity index (χ2n) is 15.8. The molecular formula is C40H48BNO. The molecule has 4 aromatic carbocycles. The summed E-state index contributed by atoms with van der Waals surface area (Å²) in [6, 6.07) is -3.42. The Morgan fingerprint density at radius 2 is 1.02 bits per heavy atom. The molecule has 0 spiro atoms. The molecule has 6 rings (SSSR count). The third-order valence-corrected chi connectivity index (χ3v) is 7.96. The lowest BCUT2D eigenvalue weighted by Gasteiger charge is -2.42. The van der Waals surface area contributed by atoms with Gasteiger partial charge in [0.05, 0.1) is 16.4 Å². The molecule has 0 saturated heterocycles. The number of ether oxygens (including phenoxy) is 1. The molecule has 3 heteroatoms. The summed E-state index contributed by atoms with van der Waals surface area (Å²) in [5.41, 5.74) is -2.54. The Labute approximate surface area is 277 Å². The summed E-state index contributed by atoms with van der Waals surface area (Å²) in [7, 11) is 0. The molecule has 0 N–H and O–H groups in total. The topological polar surface area (TPSA) is 12.5 Å². The summed E-state index contributed by atoms with van der Waals surface area (Å²) in [5, 5.41) is 0. The van der Waals surface area contributed by atoms with Gasteiger partial charge in [0, 0.05) is 17.1 Å². The molecule has 0 saturated carbocycles. The standard InChI is InChI=1S/C40H48BNO/c1-37(2,3)25-13-17-29(18-14-25)42-32-19-15-26(38(4,5)6)21-30(32)41-31-22-27(39(7,8)9)16-20-34(31)43-35-24-28(40(10,11)12)23-33(42)36(35)41/h13-24H,1-12H3/i13D,14D,15D,16D,17D,18D,19D,20D,21D,22D,23D,24D. The highest BCUT2D eigenvalue weighted by Crippen LogP contribution is 2.44. The van der Waals surface area contributed by atoms with Crippen molar-refractivity contribution in [1.29, 1.82) is 0 Å². The van der Waals surface area contributed by atoms with E-state index in [-0.39, 0.29) is 128 Å². The summed E-state index contributed by atoms with van der Waals surface area (Å²) >= 11 is 0. The van der Waals surface area contributed by atoms with Crippen molar-refractivity contribution < 1.29 is 21.2 Å². The van der Waals surface area contributed by atoms with Crippen molar-refractivity contribution in [3.63, 3.8) is 0 Å². The lowest BCUT2D eigenvalue weighted by Crippen LogP contribution is -2.60. The van der Waals surface area contributed by atoms with Crippen molar-refractivity contribution in [1.82, 2.24) is 0 Å². The number of anilines is 3. The van der Waals surface area contributed by atoms with Gasteiger partial charge in [-0.3, -0.25) is 0 Å². The van der Waals surface area contributed by atoms with E-state index in [4.69, 9.17) is 6.11 Å². The van der Waals surface area contributed by atoms with Crippen LogP contribution in [-0.4, -0.2) is 6.71 Å². The van der Waals surface area contributed by atoms with Gasteiger partial charge in [-0.15, -0.1) is 0 Å². The fourth-order valence-corrected chi connectivity index (χ4v) is 5.31. The summed E-state index contributed by atoms with van der Waals surface area (Å²) in [6.07, 6.45) is 0. The molecule has 0 atom stereocenters. The minimum atomic E-state index is -1.21. The molecule has 0 fully saturated rings. The number of hydrogen-bond acceptors (Lipinski definition) is 2. The van der Waals surface area contributed by atoms with Crippen LogP contribution in [0.1, 0.15) is 122 Å². The van der Waals surface area contributed by atoms with E-state index in [2.05, 4.69) is 0 Å². The molecule has 0 aliphatic carbocycles. The van der Waals surface area contributed by atoms with Gasteiger partial charge in [-0.2, -0.15) is 0 Å². The highest BCUT2D eigenvalue weighted by atomic mass is 16.5. The molecule has 43 heavy (non-hydrogen) atoms. The van der Waals surface area contributed by atoms with Crippen LogP contribution in [0.5, 0.6) is 11.5 Å². The first-order valence-electron chi connectivity index (χ1n) is 20.9. The van der Waals surface area contributed by atoms with E-state index in [1.807, 2.05) is 62.3 Å². The number of rotatable bonds is 1. The smallest absolute Gasteiger partial charge is 0.256 e. The van der Waals surface area contributed by atoms with Gasteiger partial charge in [-0.25, -0.2) is 0 Å². The van der Waals surface area contributed by atoms with Gasteiger partial charge < -0.3 is 9.64 Å². The van der Waals surface area contributed by atoms with Crippen molar-refractivity contribution in [3.8, 4) is 11.5 Å². The number of hydrogen-bond donors (Lipinski definition) is 0. The Morgan fingerprint density at radius 3 is 1.58 bits per heavy atom. The van der Waals surface area contributed by atoms with Crippen LogP contribution in [-0.2, 0) is 21.7 Å². The van der Waals surface area contributed by atoms with E-state index in [0.29, 0.717) is 0 Å². The molecule has 2 aliphatic heterocycles. The molecule has 2 aliphatic rings. The Bertz CT molecular complexity index is 2350. The van der Waals surface area contributed by atoms with Gasteiger partial charge in [0.15, 0.2) is 0 Å². The van der Waals surface area contributed by atoms with Crippen LogP contribution in [0.25, 0.3) is 0 Å². The number of nitrogens with zero attached hydrogens (tertiary/aromatic N) is 1. The van der Waals surface area contributed by atoms with Crippen molar-refractivity contribution in [3.05, 3.63) is 94.8 Å². The quantitative estimate of drug-likeness (QED) is 0.180. The molecule has 0 amide bonds. The zero-order valence-electron chi connectivity index (χ0n) is 39.4. The Balaban J connectivity index is 1.99. The van der Waals surface area contributed by atoms with Crippen LogP contribution < -0.4 is 26.0 Å². The average molecular weight is 582 g/mol. The predicted molar refractivity (Wildman–Crippen MR) is 187 cm³/mol. The highest BCUT2D eigenvalue weighted by Gasteiger charge is 2.43. The first-order chi connectivity index (χ1) is 24.9. The van der Waals surface area contributed by atoms with Crippen LogP contribution in [0.4, 0.5) is 17.1 Å². The van der Waals surface area contributed by atoms with E-state index in [1.165, 1.54) is 4.90 Å². The van der Waals surface area contributed by atoms with E-state index in [1.54, 1.807) is 20.8 Å². The summed E-state index contributed by atoms with van der Waals surface area (Å²) in [5.74, 6) is -0.228. The van der Waals surface area contributed by atoms with Crippen molar-refractivity contribution in [2.24, 2.45) is 0 Å². The molecule has 0 aromatic heterocycles. The lowest BCUT2D eigenvalue weighted by atomic mass is 9.33. The van der Waals surface area contributed by atoms with E-state index < -0.39 is 40.5 Å². The molecule has 2 heterocycles. The lowest BCUT2D eigenvalue weighted by molar-refractivity contribution is 0.482. The van der Waals surface area contributed by atoms with E-state index in [9.17, 15) is 15.1 Å². The van der Waals surface area contributed by atoms with Gasteiger partial charge in [0.1, 0.15) is 11.5 Å². The van der Waals surface area contributed by atoms with Crippen LogP contribution in [0.15, 0.2) is 72.5 Å². The monoisotopic (exact) mass is 581 g/mol. The van der Waals surface area contributed by atoms with Gasteiger partial charge in [-0.05, 0) is 96.6 Å². The maximum absolute atomic E-state index is 9.90. The Kier molecular flexibility index (Phi) is 4.07. The predicted octanol–water partition coefficient (Wildman–Crippen LogP) is 9.28. The number of fused-ring (bicyclic) bond motifs is 4. The van der Waals surface area contributed by atoms with Crippen molar-refractivity contribution in [2.75, 3.05) is 4.90 Å². The maximum atomic E-state index is 9.90. The largest absolute Gasteiger partial charge is 0.458 e. The average Bonchev–Trinajstić information content (AvgIpc) is 3.01. The van der Waals surface area contributed by atoms with Crippen molar-refractivity contribution in [2.45, 2.75) is 105 Å². The van der Waals surface area contributed by atoms with Gasteiger partial charge in [0.25, 0.3) is 6.71 Å². The van der Waals surface area contributed by atoms with Gasteiger partial charge >= 0.3 is 0 Å². The third-order valence-electron chi connectivity index (χ3n) is 7.96. The molecule has 222 valence electrons. The Hall–Kier alpha value is -3.46. The summed E-state index contributed by atoms with van der Waals surface area (Å²) in [6.45, 7) is 20.5. The van der Waals surface area contributed by atoms with Crippen LogP contribution in [0, 0.1) is 0 Å². The first kappa shape index (κ1) is 18.4. The fourth-order valence-electron chi connectivity index (χ4n) is 5.31. The molecule has 0 radical (unpaired) electrons. The normalized spacial score (nSPS) is 18.5. The first-order valence-corrected chi connectivity index (χ1v) is 14.9. The minimum absolute atomic E-state index is 0.0163. The van der Waals surface area contributed by atoms with Crippen LogP contribution in [0.2, 0.25) is 0 Å². The molecule has 0 unspecified atom stereocenters. The second-order valence-corrected chi connectivity index (χ2v) is 15.8. The van der Waals surface area contributed by atoms with Gasteiger partial charge in [0.2, 0.25) is 0 Å². The summed E-state index contributed by atoms with van der Waals surface area (Å²) < 4.78 is 120. The van der Waals surface area contributed by atoms with Crippen LogP contribution in [0.3, 0.4) is 0 Å². The highest BCUT2D eigenvalue weighted by molar-refractivity contribution is 6.99. The Morgan fingerprint density at radius 1 is 0.512 bits per heavy atom. The second kappa shape index (κ2) is 9.52. The van der Waals surface area contributed by atoms with E-state index >= 15 is 0 Å². The molecular weight excluding hydrogens is 521 g/mol. The zero-order valence-corrected chi connectivity index (χ0v) is 27.4. The SMILES string of the molecule is [2H]c1c([2H])c(C(C)(C)C)c([2H])c2c1Oc1c([2H])c(C(C)(C)C)c([2H])c3c1B2c1c([2H])c(C(C)(C)C)c([2H])c([2H])c1N3c1c([2H])c([2H])c(C(C)(C)C)c([2H])c1[2H]. The number of benzene rings is 4. The molecule has 0 bridgehead atoms. The maximum Gasteiger partial charge on any atom is 0.256 e. The van der Waals surface area contributed by atoms with Crippen LogP contribution >= 0.6 is 0 Å². The molecule has 4 aromatic rings.